The highest BCUT2D eigenvalue weighted by atomic mass is 16.6. The summed E-state index contributed by atoms with van der Waals surface area (Å²) in [7, 11) is 1.41. The van der Waals surface area contributed by atoms with Crippen LogP contribution in [-0.2, 0) is 14.3 Å². The van der Waals surface area contributed by atoms with E-state index in [2.05, 4.69) is 4.90 Å². The molecule has 2 aliphatic rings. The molecule has 1 aliphatic heterocycles. The number of carbonyl (C=O) groups is 1. The maximum absolute atomic E-state index is 11.4. The summed E-state index contributed by atoms with van der Waals surface area (Å²) in [6.07, 6.45) is 2.42. The molecule has 1 saturated heterocycles. The maximum Gasteiger partial charge on any atom is 0.336 e. The van der Waals surface area contributed by atoms with Gasteiger partial charge in [0.15, 0.2) is 6.10 Å². The van der Waals surface area contributed by atoms with E-state index in [0.29, 0.717) is 6.54 Å². The van der Waals surface area contributed by atoms with Crippen molar-refractivity contribution in [1.29, 1.82) is 0 Å². The standard InChI is InChI=1S/C11H19NO3/c1-8-5-12(6-9-3-4-9)7-10(15-8)11(13)14-2/h8-10H,3-7H2,1-2H3/t8-,10?/m1/s1. The topological polar surface area (TPSA) is 38.8 Å². The van der Waals surface area contributed by atoms with Crippen molar-refractivity contribution in [3.8, 4) is 0 Å². The normalized spacial score (nSPS) is 32.7. The molecule has 0 N–H and O–H groups in total. The monoisotopic (exact) mass is 213 g/mol. The van der Waals surface area contributed by atoms with Gasteiger partial charge in [0, 0.05) is 19.6 Å². The number of nitrogens with zero attached hydrogens (tertiary/aromatic N) is 1. The molecule has 1 saturated carbocycles. The van der Waals surface area contributed by atoms with Gasteiger partial charge < -0.3 is 9.47 Å². The first-order chi connectivity index (χ1) is 7.19. The van der Waals surface area contributed by atoms with Crippen molar-refractivity contribution in [2.75, 3.05) is 26.7 Å². The molecule has 2 fully saturated rings. The third kappa shape index (κ3) is 2.92. The average molecular weight is 213 g/mol. The quantitative estimate of drug-likeness (QED) is 0.646. The smallest absolute Gasteiger partial charge is 0.336 e. The van der Waals surface area contributed by atoms with E-state index >= 15 is 0 Å². The number of morpholine rings is 1. The molecule has 0 bridgehead atoms. The zero-order chi connectivity index (χ0) is 10.8. The molecule has 0 aromatic carbocycles. The minimum atomic E-state index is -0.391. The molecule has 2 rings (SSSR count). The first kappa shape index (κ1) is 10.9. The van der Waals surface area contributed by atoms with Crippen LogP contribution < -0.4 is 0 Å². The fraction of sp³-hybridized carbons (Fsp3) is 0.909. The van der Waals surface area contributed by atoms with E-state index in [1.54, 1.807) is 0 Å². The lowest BCUT2D eigenvalue weighted by atomic mass is 10.2. The van der Waals surface area contributed by atoms with Crippen LogP contribution in [0.25, 0.3) is 0 Å². The minimum Gasteiger partial charge on any atom is -0.467 e. The SMILES string of the molecule is COC(=O)C1CN(CC2CC2)C[C@@H](C)O1. The molecule has 0 amide bonds. The third-order valence-corrected chi connectivity index (χ3v) is 3.01. The van der Waals surface area contributed by atoms with Gasteiger partial charge in [0.2, 0.25) is 0 Å². The zero-order valence-electron chi connectivity index (χ0n) is 9.44. The molecular weight excluding hydrogens is 194 g/mol. The lowest BCUT2D eigenvalue weighted by molar-refractivity contribution is -0.166. The fourth-order valence-electron chi connectivity index (χ4n) is 2.12. The van der Waals surface area contributed by atoms with Crippen LogP contribution in [0.4, 0.5) is 0 Å². The molecule has 0 aromatic rings. The maximum atomic E-state index is 11.4. The Kier molecular flexibility index (Phi) is 3.26. The predicted molar refractivity (Wildman–Crippen MR) is 55.5 cm³/mol. The van der Waals surface area contributed by atoms with E-state index in [9.17, 15) is 4.79 Å². The molecule has 4 heteroatoms. The van der Waals surface area contributed by atoms with Crippen LogP contribution in [0, 0.1) is 5.92 Å². The number of hydrogen-bond donors (Lipinski definition) is 0. The second-order valence-electron chi connectivity index (χ2n) is 4.62. The summed E-state index contributed by atoms with van der Waals surface area (Å²) in [4.78, 5) is 13.7. The molecule has 0 radical (unpaired) electrons. The number of carbonyl (C=O) groups excluding carboxylic acids is 1. The minimum absolute atomic E-state index is 0.126. The Morgan fingerprint density at radius 3 is 2.80 bits per heavy atom. The van der Waals surface area contributed by atoms with Crippen molar-refractivity contribution in [2.45, 2.75) is 32.0 Å². The van der Waals surface area contributed by atoms with Gasteiger partial charge in [-0.3, -0.25) is 4.90 Å². The number of ether oxygens (including phenoxy) is 2. The second-order valence-corrected chi connectivity index (χ2v) is 4.62. The summed E-state index contributed by atoms with van der Waals surface area (Å²) in [5.74, 6) is 0.607. The molecule has 1 unspecified atom stereocenters. The van der Waals surface area contributed by atoms with E-state index in [-0.39, 0.29) is 12.1 Å². The molecule has 15 heavy (non-hydrogen) atoms. The Morgan fingerprint density at radius 2 is 2.20 bits per heavy atom. The van der Waals surface area contributed by atoms with Gasteiger partial charge in [0.05, 0.1) is 13.2 Å². The zero-order valence-corrected chi connectivity index (χ0v) is 9.44. The molecule has 4 nitrogen and oxygen atoms in total. The first-order valence-corrected chi connectivity index (χ1v) is 5.64. The molecule has 2 atom stereocenters. The second kappa shape index (κ2) is 4.49. The van der Waals surface area contributed by atoms with Crippen LogP contribution in [0.1, 0.15) is 19.8 Å². The van der Waals surface area contributed by atoms with Gasteiger partial charge in [-0.2, -0.15) is 0 Å². The van der Waals surface area contributed by atoms with E-state index in [1.165, 1.54) is 20.0 Å². The number of hydrogen-bond acceptors (Lipinski definition) is 4. The Labute approximate surface area is 90.5 Å². The van der Waals surface area contributed by atoms with Crippen LogP contribution in [0.15, 0.2) is 0 Å². The summed E-state index contributed by atoms with van der Waals surface area (Å²) in [6.45, 7) is 4.74. The highest BCUT2D eigenvalue weighted by Crippen LogP contribution is 2.30. The van der Waals surface area contributed by atoms with Crippen LogP contribution in [-0.4, -0.2) is 49.8 Å². The molecular formula is C11H19NO3. The van der Waals surface area contributed by atoms with E-state index in [4.69, 9.17) is 9.47 Å². The summed E-state index contributed by atoms with van der Waals surface area (Å²) in [5.41, 5.74) is 0. The predicted octanol–water partition coefficient (Wildman–Crippen LogP) is 0.659. The number of methoxy groups -OCH3 is 1. The fourth-order valence-corrected chi connectivity index (χ4v) is 2.12. The van der Waals surface area contributed by atoms with Gasteiger partial charge in [-0.15, -0.1) is 0 Å². The van der Waals surface area contributed by atoms with Gasteiger partial charge in [-0.05, 0) is 25.7 Å². The van der Waals surface area contributed by atoms with E-state index < -0.39 is 6.10 Å². The summed E-state index contributed by atoms with van der Waals surface area (Å²) < 4.78 is 10.3. The largest absolute Gasteiger partial charge is 0.467 e. The lowest BCUT2D eigenvalue weighted by Gasteiger charge is -2.35. The van der Waals surface area contributed by atoms with Crippen molar-refractivity contribution >= 4 is 5.97 Å². The third-order valence-electron chi connectivity index (χ3n) is 3.01. The number of rotatable bonds is 3. The molecule has 0 spiro atoms. The summed E-state index contributed by atoms with van der Waals surface area (Å²) in [6, 6.07) is 0. The van der Waals surface area contributed by atoms with Gasteiger partial charge in [-0.25, -0.2) is 4.79 Å². The first-order valence-electron chi connectivity index (χ1n) is 5.64. The Bertz CT molecular complexity index is 238. The Balaban J connectivity index is 1.87. The van der Waals surface area contributed by atoms with E-state index in [0.717, 1.165) is 19.0 Å². The highest BCUT2D eigenvalue weighted by Gasteiger charge is 2.33. The van der Waals surface area contributed by atoms with Gasteiger partial charge in [0.1, 0.15) is 0 Å². The van der Waals surface area contributed by atoms with Gasteiger partial charge >= 0.3 is 5.97 Å². The Morgan fingerprint density at radius 1 is 1.47 bits per heavy atom. The summed E-state index contributed by atoms with van der Waals surface area (Å²) >= 11 is 0. The van der Waals surface area contributed by atoms with Crippen molar-refractivity contribution in [3.05, 3.63) is 0 Å². The van der Waals surface area contributed by atoms with Crippen molar-refractivity contribution < 1.29 is 14.3 Å². The van der Waals surface area contributed by atoms with Gasteiger partial charge in [-0.1, -0.05) is 0 Å². The van der Waals surface area contributed by atoms with Crippen LogP contribution >= 0.6 is 0 Å². The van der Waals surface area contributed by atoms with E-state index in [1.807, 2.05) is 6.92 Å². The summed E-state index contributed by atoms with van der Waals surface area (Å²) in [5, 5.41) is 0. The molecule has 1 aliphatic carbocycles. The molecule has 86 valence electrons. The highest BCUT2D eigenvalue weighted by molar-refractivity contribution is 5.74. The lowest BCUT2D eigenvalue weighted by Crippen LogP contribution is -2.50. The van der Waals surface area contributed by atoms with Crippen molar-refractivity contribution in [3.63, 3.8) is 0 Å². The Hall–Kier alpha value is -0.610. The van der Waals surface area contributed by atoms with Crippen molar-refractivity contribution in [1.82, 2.24) is 4.90 Å². The average Bonchev–Trinajstić information content (AvgIpc) is 2.99. The molecule has 1 heterocycles. The van der Waals surface area contributed by atoms with Crippen molar-refractivity contribution in [2.24, 2.45) is 5.92 Å². The van der Waals surface area contributed by atoms with Gasteiger partial charge in [0.25, 0.3) is 0 Å². The molecule has 0 aromatic heterocycles. The van der Waals surface area contributed by atoms with Crippen LogP contribution in [0.3, 0.4) is 0 Å². The van der Waals surface area contributed by atoms with Crippen LogP contribution in [0.2, 0.25) is 0 Å². The number of esters is 1. The van der Waals surface area contributed by atoms with Crippen LogP contribution in [0.5, 0.6) is 0 Å².